The van der Waals surface area contributed by atoms with E-state index in [0.717, 1.165) is 26.2 Å². The molecule has 3 nitrogen and oxygen atoms in total. The number of hydrogen-bond donors (Lipinski definition) is 1. The second-order valence-corrected chi connectivity index (χ2v) is 6.68. The highest BCUT2D eigenvalue weighted by atomic mass is 16.5. The average Bonchev–Trinajstić information content (AvgIpc) is 3.02. The van der Waals surface area contributed by atoms with E-state index in [0.29, 0.717) is 17.2 Å². The van der Waals surface area contributed by atoms with Crippen LogP contribution in [0.15, 0.2) is 0 Å². The Hall–Kier alpha value is -0.570. The zero-order valence-electron chi connectivity index (χ0n) is 11.5. The summed E-state index contributed by atoms with van der Waals surface area (Å²) in [7, 11) is 0. The summed E-state index contributed by atoms with van der Waals surface area (Å²) in [6.45, 7) is 4.47. The third-order valence-electron chi connectivity index (χ3n) is 5.52. The molecule has 0 unspecified atom stereocenters. The molecule has 18 heavy (non-hydrogen) atoms. The van der Waals surface area contributed by atoms with E-state index < -0.39 is 0 Å². The minimum absolute atomic E-state index is 0.257. The maximum Gasteiger partial charge on any atom is 0.223 e. The van der Waals surface area contributed by atoms with Gasteiger partial charge in [0.15, 0.2) is 0 Å². The van der Waals surface area contributed by atoms with Crippen molar-refractivity contribution < 1.29 is 9.53 Å². The van der Waals surface area contributed by atoms with Gasteiger partial charge in [-0.1, -0.05) is 12.8 Å². The van der Waals surface area contributed by atoms with Crippen LogP contribution < -0.4 is 5.32 Å². The fourth-order valence-corrected chi connectivity index (χ4v) is 3.67. The van der Waals surface area contributed by atoms with E-state index in [2.05, 4.69) is 5.32 Å². The van der Waals surface area contributed by atoms with Gasteiger partial charge in [0.2, 0.25) is 5.91 Å². The van der Waals surface area contributed by atoms with Crippen molar-refractivity contribution in [3.63, 3.8) is 0 Å². The van der Waals surface area contributed by atoms with Crippen LogP contribution in [0.5, 0.6) is 0 Å². The Morgan fingerprint density at radius 2 is 2.00 bits per heavy atom. The molecule has 1 N–H and O–H groups in total. The molecule has 3 aliphatic carbocycles. The molecule has 0 radical (unpaired) electrons. The van der Waals surface area contributed by atoms with Gasteiger partial charge in [0, 0.05) is 24.5 Å². The third kappa shape index (κ3) is 2.07. The molecular weight excluding hydrogens is 226 g/mol. The number of carbonyl (C=O) groups is 1. The number of carbonyl (C=O) groups excluding carboxylic acids is 1. The molecule has 3 aliphatic rings. The molecule has 1 amide bonds. The second kappa shape index (κ2) is 4.52. The van der Waals surface area contributed by atoms with Crippen molar-refractivity contribution in [2.24, 2.45) is 16.7 Å². The summed E-state index contributed by atoms with van der Waals surface area (Å²) >= 11 is 0. The van der Waals surface area contributed by atoms with Gasteiger partial charge in [-0.25, -0.2) is 0 Å². The molecular formula is C15H25NO2. The third-order valence-corrected chi connectivity index (χ3v) is 5.52. The summed E-state index contributed by atoms with van der Waals surface area (Å²) in [6.07, 6.45) is 8.77. The number of hydrogen-bond acceptors (Lipinski definition) is 2. The van der Waals surface area contributed by atoms with Crippen molar-refractivity contribution in [2.75, 3.05) is 19.8 Å². The monoisotopic (exact) mass is 251 g/mol. The molecule has 1 atom stereocenters. The molecule has 3 saturated carbocycles. The van der Waals surface area contributed by atoms with Gasteiger partial charge in [-0.15, -0.1) is 0 Å². The van der Waals surface area contributed by atoms with Crippen molar-refractivity contribution in [1.29, 1.82) is 0 Å². The van der Waals surface area contributed by atoms with Crippen LogP contribution >= 0.6 is 0 Å². The molecule has 0 aliphatic heterocycles. The molecule has 0 bridgehead atoms. The molecule has 0 aromatic rings. The lowest BCUT2D eigenvalue weighted by molar-refractivity contribution is -0.125. The van der Waals surface area contributed by atoms with Gasteiger partial charge in [0.1, 0.15) is 0 Å². The van der Waals surface area contributed by atoms with E-state index in [9.17, 15) is 4.79 Å². The smallest absolute Gasteiger partial charge is 0.223 e. The summed E-state index contributed by atoms with van der Waals surface area (Å²) < 4.78 is 5.57. The average molecular weight is 251 g/mol. The van der Waals surface area contributed by atoms with Crippen LogP contribution in [0.4, 0.5) is 0 Å². The lowest BCUT2D eigenvalue weighted by Crippen LogP contribution is -2.46. The number of nitrogens with one attached hydrogen (secondary N) is 1. The van der Waals surface area contributed by atoms with Crippen LogP contribution in [0.2, 0.25) is 0 Å². The van der Waals surface area contributed by atoms with Gasteiger partial charge in [0.05, 0.1) is 6.61 Å². The summed E-state index contributed by atoms with van der Waals surface area (Å²) in [4.78, 5) is 12.1. The van der Waals surface area contributed by atoms with Gasteiger partial charge in [-0.05, 0) is 44.4 Å². The molecule has 0 heterocycles. The maximum atomic E-state index is 12.1. The predicted molar refractivity (Wildman–Crippen MR) is 70.2 cm³/mol. The molecule has 102 valence electrons. The number of amides is 1. The SMILES string of the molecule is CCOCC1(CNC(=O)[C@H]2CC23CCC3)CCC1. The van der Waals surface area contributed by atoms with Crippen molar-refractivity contribution >= 4 is 5.91 Å². The van der Waals surface area contributed by atoms with Crippen molar-refractivity contribution in [3.05, 3.63) is 0 Å². The van der Waals surface area contributed by atoms with Crippen molar-refractivity contribution in [2.45, 2.75) is 51.9 Å². The highest BCUT2D eigenvalue weighted by Gasteiger charge is 2.60. The van der Waals surface area contributed by atoms with Gasteiger partial charge in [0.25, 0.3) is 0 Å². The van der Waals surface area contributed by atoms with Gasteiger partial charge in [-0.3, -0.25) is 4.79 Å². The van der Waals surface area contributed by atoms with Crippen LogP contribution in [-0.4, -0.2) is 25.7 Å². The highest BCUT2D eigenvalue weighted by Crippen LogP contribution is 2.65. The molecule has 0 aromatic carbocycles. The Balaban J connectivity index is 1.44. The first kappa shape index (κ1) is 12.5. The minimum Gasteiger partial charge on any atom is -0.381 e. The summed E-state index contributed by atoms with van der Waals surface area (Å²) in [5.41, 5.74) is 0.712. The fraction of sp³-hybridized carbons (Fsp3) is 0.933. The van der Waals surface area contributed by atoms with E-state index in [-0.39, 0.29) is 5.41 Å². The first-order chi connectivity index (χ1) is 8.70. The lowest BCUT2D eigenvalue weighted by Gasteiger charge is -2.41. The van der Waals surface area contributed by atoms with Crippen molar-refractivity contribution in [3.8, 4) is 0 Å². The van der Waals surface area contributed by atoms with Crippen LogP contribution in [0, 0.1) is 16.7 Å². The Labute approximate surface area is 110 Å². The Kier molecular flexibility index (Phi) is 3.13. The maximum absolute atomic E-state index is 12.1. The first-order valence-electron chi connectivity index (χ1n) is 7.55. The molecule has 3 rings (SSSR count). The molecule has 0 aromatic heterocycles. The van der Waals surface area contributed by atoms with E-state index >= 15 is 0 Å². The molecule has 3 fully saturated rings. The van der Waals surface area contributed by atoms with Gasteiger partial charge < -0.3 is 10.1 Å². The van der Waals surface area contributed by atoms with Gasteiger partial charge in [-0.2, -0.15) is 0 Å². The summed E-state index contributed by atoms with van der Waals surface area (Å²) in [6, 6.07) is 0. The van der Waals surface area contributed by atoms with Crippen LogP contribution in [0.3, 0.4) is 0 Å². The molecule has 0 saturated heterocycles. The quantitative estimate of drug-likeness (QED) is 0.787. The van der Waals surface area contributed by atoms with Crippen LogP contribution in [0.25, 0.3) is 0 Å². The fourth-order valence-electron chi connectivity index (χ4n) is 3.67. The summed E-state index contributed by atoms with van der Waals surface area (Å²) in [5.74, 6) is 0.660. The van der Waals surface area contributed by atoms with Crippen LogP contribution in [-0.2, 0) is 9.53 Å². The van der Waals surface area contributed by atoms with Crippen molar-refractivity contribution in [1.82, 2.24) is 5.32 Å². The first-order valence-corrected chi connectivity index (χ1v) is 7.55. The zero-order chi connectivity index (χ0) is 12.6. The largest absolute Gasteiger partial charge is 0.381 e. The van der Waals surface area contributed by atoms with E-state index in [1.54, 1.807) is 0 Å². The minimum atomic E-state index is 0.257. The second-order valence-electron chi connectivity index (χ2n) is 6.68. The zero-order valence-corrected chi connectivity index (χ0v) is 11.5. The Morgan fingerprint density at radius 1 is 1.28 bits per heavy atom. The van der Waals surface area contributed by atoms with Crippen LogP contribution in [0.1, 0.15) is 51.9 Å². The number of rotatable bonds is 6. The molecule has 1 spiro atoms. The van der Waals surface area contributed by atoms with E-state index in [1.165, 1.54) is 38.5 Å². The number of ether oxygens (including phenoxy) is 1. The molecule has 3 heteroatoms. The Bertz CT molecular complexity index is 331. The lowest BCUT2D eigenvalue weighted by atomic mass is 9.69. The Morgan fingerprint density at radius 3 is 2.44 bits per heavy atom. The normalized spacial score (nSPS) is 30.4. The predicted octanol–water partition coefficient (Wildman–Crippen LogP) is 2.50. The summed E-state index contributed by atoms with van der Waals surface area (Å²) in [5, 5.41) is 3.20. The van der Waals surface area contributed by atoms with Gasteiger partial charge >= 0.3 is 0 Å². The van der Waals surface area contributed by atoms with E-state index in [1.807, 2.05) is 6.92 Å². The topological polar surface area (TPSA) is 38.3 Å². The highest BCUT2D eigenvalue weighted by molar-refractivity contribution is 5.82. The van der Waals surface area contributed by atoms with E-state index in [4.69, 9.17) is 4.74 Å². The standard InChI is InChI=1S/C15H25NO2/c1-2-18-11-14(5-3-6-14)10-16-13(17)12-9-15(12)7-4-8-15/h12H,2-11H2,1H3,(H,16,17)/t12-/m1/s1.